The Kier molecular flexibility index (Phi) is 5.59. The van der Waals surface area contributed by atoms with E-state index in [1.54, 1.807) is 0 Å². The van der Waals surface area contributed by atoms with Gasteiger partial charge in [-0.15, -0.1) is 0 Å². The summed E-state index contributed by atoms with van der Waals surface area (Å²) in [5.74, 6) is 2.45. The fourth-order valence-electron chi connectivity index (χ4n) is 2.72. The second-order valence-corrected chi connectivity index (χ2v) is 5.24. The molecule has 0 saturated carbocycles. The molecule has 0 bridgehead atoms. The molecule has 2 heterocycles. The monoisotopic (exact) mass is 278 g/mol. The van der Waals surface area contributed by atoms with Crippen molar-refractivity contribution in [2.24, 2.45) is 0 Å². The summed E-state index contributed by atoms with van der Waals surface area (Å²) in [4.78, 5) is 11.4. The first kappa shape index (κ1) is 15.0. The number of ether oxygens (including phenoxy) is 1. The van der Waals surface area contributed by atoms with E-state index in [4.69, 9.17) is 4.74 Å². The molecule has 0 amide bonds. The van der Waals surface area contributed by atoms with Gasteiger partial charge in [0.25, 0.3) is 0 Å². The van der Waals surface area contributed by atoms with E-state index in [9.17, 15) is 0 Å². The topological polar surface area (TPSA) is 50.3 Å². The molecule has 0 aromatic carbocycles. The van der Waals surface area contributed by atoms with Crippen LogP contribution in [0.4, 0.5) is 5.82 Å². The molecule has 1 N–H and O–H groups in total. The molecule has 2 rings (SSSR count). The SMILES string of the molecule is CCCN(c1cc(OCC)nc(C)n1)C1CCCNC1. The number of hydrogen-bond donors (Lipinski definition) is 1. The molecule has 112 valence electrons. The first-order valence-electron chi connectivity index (χ1n) is 7.70. The summed E-state index contributed by atoms with van der Waals surface area (Å²) in [5.41, 5.74) is 0. The van der Waals surface area contributed by atoms with E-state index >= 15 is 0 Å². The molecule has 5 heteroatoms. The molecule has 0 radical (unpaired) electrons. The smallest absolute Gasteiger partial charge is 0.218 e. The summed E-state index contributed by atoms with van der Waals surface area (Å²) in [7, 11) is 0. The van der Waals surface area contributed by atoms with Gasteiger partial charge in [0.2, 0.25) is 5.88 Å². The van der Waals surface area contributed by atoms with E-state index < -0.39 is 0 Å². The maximum absolute atomic E-state index is 5.55. The molecule has 1 aliphatic rings. The highest BCUT2D eigenvalue weighted by molar-refractivity contribution is 5.43. The summed E-state index contributed by atoms with van der Waals surface area (Å²) >= 11 is 0. The van der Waals surface area contributed by atoms with E-state index in [0.717, 1.165) is 37.7 Å². The van der Waals surface area contributed by atoms with E-state index in [-0.39, 0.29) is 0 Å². The lowest BCUT2D eigenvalue weighted by Crippen LogP contribution is -2.47. The van der Waals surface area contributed by atoms with E-state index in [1.807, 2.05) is 19.9 Å². The van der Waals surface area contributed by atoms with Crippen LogP contribution in [-0.2, 0) is 0 Å². The lowest BCUT2D eigenvalue weighted by atomic mass is 10.1. The van der Waals surface area contributed by atoms with Crippen LogP contribution >= 0.6 is 0 Å². The number of nitrogens with one attached hydrogen (secondary N) is 1. The average Bonchev–Trinajstić information content (AvgIpc) is 2.45. The quantitative estimate of drug-likeness (QED) is 0.864. The number of piperidine rings is 1. The number of hydrogen-bond acceptors (Lipinski definition) is 5. The van der Waals surface area contributed by atoms with Crippen molar-refractivity contribution in [2.45, 2.75) is 46.1 Å². The second-order valence-electron chi connectivity index (χ2n) is 5.24. The maximum Gasteiger partial charge on any atom is 0.218 e. The molecule has 1 aromatic heterocycles. The molecule has 1 atom stereocenters. The van der Waals surface area contributed by atoms with Gasteiger partial charge < -0.3 is 15.0 Å². The van der Waals surface area contributed by atoms with Gasteiger partial charge in [0.05, 0.1) is 6.61 Å². The van der Waals surface area contributed by atoms with Crippen LogP contribution in [0.15, 0.2) is 6.07 Å². The van der Waals surface area contributed by atoms with Crippen molar-refractivity contribution in [1.29, 1.82) is 0 Å². The summed E-state index contributed by atoms with van der Waals surface area (Å²) in [6.07, 6.45) is 3.57. The van der Waals surface area contributed by atoms with Crippen LogP contribution in [0.1, 0.15) is 38.9 Å². The molecule has 1 saturated heterocycles. The molecule has 0 aliphatic carbocycles. The van der Waals surface area contributed by atoms with Crippen molar-refractivity contribution in [1.82, 2.24) is 15.3 Å². The third-order valence-electron chi connectivity index (χ3n) is 3.56. The highest BCUT2D eigenvalue weighted by Gasteiger charge is 2.22. The van der Waals surface area contributed by atoms with Crippen molar-refractivity contribution in [2.75, 3.05) is 31.1 Å². The van der Waals surface area contributed by atoms with E-state index in [1.165, 1.54) is 12.8 Å². The highest BCUT2D eigenvalue weighted by atomic mass is 16.5. The lowest BCUT2D eigenvalue weighted by molar-refractivity contribution is 0.325. The van der Waals surface area contributed by atoms with Gasteiger partial charge in [-0.25, -0.2) is 4.98 Å². The standard InChI is InChI=1S/C15H26N4O/c1-4-9-19(13-7-6-8-16-11-13)14-10-15(20-5-2)18-12(3)17-14/h10,13,16H,4-9,11H2,1-3H3. The largest absolute Gasteiger partial charge is 0.478 e. The summed E-state index contributed by atoms with van der Waals surface area (Å²) in [5, 5.41) is 3.48. The van der Waals surface area contributed by atoms with Gasteiger partial charge in [-0.3, -0.25) is 0 Å². The molecule has 1 aromatic rings. The Morgan fingerprint density at radius 1 is 1.40 bits per heavy atom. The van der Waals surface area contributed by atoms with Gasteiger partial charge >= 0.3 is 0 Å². The number of rotatable bonds is 6. The van der Waals surface area contributed by atoms with E-state index in [0.29, 0.717) is 18.5 Å². The summed E-state index contributed by atoms with van der Waals surface area (Å²) < 4.78 is 5.55. The number of aromatic nitrogens is 2. The lowest BCUT2D eigenvalue weighted by Gasteiger charge is -2.35. The van der Waals surface area contributed by atoms with Gasteiger partial charge in [0, 0.05) is 25.2 Å². The zero-order valence-corrected chi connectivity index (χ0v) is 12.9. The van der Waals surface area contributed by atoms with Crippen LogP contribution in [0, 0.1) is 6.92 Å². The minimum absolute atomic E-state index is 0.521. The van der Waals surface area contributed by atoms with Gasteiger partial charge in [-0.05, 0) is 39.7 Å². The number of anilines is 1. The normalized spacial score (nSPS) is 18.9. The Labute approximate surface area is 121 Å². The van der Waals surface area contributed by atoms with Gasteiger partial charge in [-0.2, -0.15) is 4.98 Å². The average molecular weight is 278 g/mol. The molecule has 5 nitrogen and oxygen atoms in total. The zero-order valence-electron chi connectivity index (χ0n) is 12.9. The molecule has 1 fully saturated rings. The van der Waals surface area contributed by atoms with Crippen LogP contribution in [0.3, 0.4) is 0 Å². The minimum atomic E-state index is 0.521. The molecular weight excluding hydrogens is 252 g/mol. The first-order valence-corrected chi connectivity index (χ1v) is 7.70. The Hall–Kier alpha value is -1.36. The molecule has 1 unspecified atom stereocenters. The Balaban J connectivity index is 2.22. The Morgan fingerprint density at radius 3 is 2.90 bits per heavy atom. The van der Waals surface area contributed by atoms with Crippen LogP contribution in [0.5, 0.6) is 5.88 Å². The van der Waals surface area contributed by atoms with Crippen LogP contribution in [0.25, 0.3) is 0 Å². The third kappa shape index (κ3) is 3.82. The van der Waals surface area contributed by atoms with E-state index in [2.05, 4.69) is 27.1 Å². The van der Waals surface area contributed by atoms with Gasteiger partial charge in [0.15, 0.2) is 0 Å². The van der Waals surface area contributed by atoms with Crippen molar-refractivity contribution >= 4 is 5.82 Å². The molecule has 0 spiro atoms. The van der Waals surface area contributed by atoms with Crippen LogP contribution < -0.4 is 15.0 Å². The molecule has 20 heavy (non-hydrogen) atoms. The predicted octanol–water partition coefficient (Wildman–Crippen LogP) is 2.15. The fraction of sp³-hybridized carbons (Fsp3) is 0.733. The number of nitrogens with zero attached hydrogens (tertiary/aromatic N) is 3. The summed E-state index contributed by atoms with van der Waals surface area (Å²) in [6, 6.07) is 2.49. The Bertz CT molecular complexity index is 418. The van der Waals surface area contributed by atoms with Crippen LogP contribution in [-0.4, -0.2) is 42.3 Å². The Morgan fingerprint density at radius 2 is 2.25 bits per heavy atom. The number of aryl methyl sites for hydroxylation is 1. The maximum atomic E-state index is 5.55. The van der Waals surface area contributed by atoms with Crippen molar-refractivity contribution in [3.05, 3.63) is 11.9 Å². The minimum Gasteiger partial charge on any atom is -0.478 e. The second kappa shape index (κ2) is 7.43. The molecule has 1 aliphatic heterocycles. The van der Waals surface area contributed by atoms with Crippen molar-refractivity contribution < 1.29 is 4.74 Å². The third-order valence-corrected chi connectivity index (χ3v) is 3.56. The fourth-order valence-corrected chi connectivity index (χ4v) is 2.72. The van der Waals surface area contributed by atoms with Crippen LogP contribution in [0.2, 0.25) is 0 Å². The van der Waals surface area contributed by atoms with Crippen molar-refractivity contribution in [3.63, 3.8) is 0 Å². The zero-order chi connectivity index (χ0) is 14.4. The first-order chi connectivity index (χ1) is 9.74. The molecular formula is C15H26N4O. The van der Waals surface area contributed by atoms with Gasteiger partial charge in [0.1, 0.15) is 11.6 Å². The predicted molar refractivity (Wildman–Crippen MR) is 81.5 cm³/mol. The van der Waals surface area contributed by atoms with Crippen molar-refractivity contribution in [3.8, 4) is 5.88 Å². The summed E-state index contributed by atoms with van der Waals surface area (Å²) in [6.45, 7) is 9.93. The van der Waals surface area contributed by atoms with Gasteiger partial charge in [-0.1, -0.05) is 6.92 Å². The highest BCUT2D eigenvalue weighted by Crippen LogP contribution is 2.22.